The van der Waals surface area contributed by atoms with Crippen molar-refractivity contribution in [3.63, 3.8) is 0 Å². The Bertz CT molecular complexity index is 339. The van der Waals surface area contributed by atoms with E-state index < -0.39 is 0 Å². The number of hydrogen-bond acceptors (Lipinski definition) is 0. The van der Waals surface area contributed by atoms with Crippen LogP contribution in [0, 0.1) is 41.4 Å². The molecule has 21 heavy (non-hydrogen) atoms. The van der Waals surface area contributed by atoms with Crippen molar-refractivity contribution in [1.82, 2.24) is 0 Å². The summed E-state index contributed by atoms with van der Waals surface area (Å²) in [5.41, 5.74) is 0. The molecule has 8 atom stereocenters. The van der Waals surface area contributed by atoms with E-state index in [-0.39, 0.29) is 0 Å². The van der Waals surface area contributed by atoms with Crippen LogP contribution in [-0.4, -0.2) is 8.35 Å². The van der Waals surface area contributed by atoms with Gasteiger partial charge in [0, 0.05) is 0 Å². The van der Waals surface area contributed by atoms with Crippen molar-refractivity contribution in [2.24, 2.45) is 41.4 Å². The molecule has 0 bridgehead atoms. The van der Waals surface area contributed by atoms with Gasteiger partial charge in [-0.05, 0) is 0 Å². The Kier molecular flexibility index (Phi) is 5.60. The zero-order valence-corrected chi connectivity index (χ0v) is 16.8. The first kappa shape index (κ1) is 16.6. The zero-order valence-electron chi connectivity index (χ0n) is 14.7. The Balaban J connectivity index is 0.000000636. The SMILES string of the molecule is CC.CC1CCCC2CCC3C4C[I-]C(C)C4CCC3C12. The summed E-state index contributed by atoms with van der Waals surface area (Å²) in [6.07, 6.45) is 11.1. The van der Waals surface area contributed by atoms with Crippen molar-refractivity contribution >= 4 is 0 Å². The maximum absolute atomic E-state index is 2.59. The number of hydrogen-bond donors (Lipinski definition) is 0. The van der Waals surface area contributed by atoms with Gasteiger partial charge in [-0.15, -0.1) is 0 Å². The Labute approximate surface area is 143 Å². The molecule has 0 radical (unpaired) electrons. The minimum atomic E-state index is 0.561. The van der Waals surface area contributed by atoms with Gasteiger partial charge in [-0.25, -0.2) is 0 Å². The third-order valence-corrected chi connectivity index (χ3v) is 11.2. The van der Waals surface area contributed by atoms with Crippen LogP contribution in [0.3, 0.4) is 0 Å². The molecule has 1 heteroatoms. The van der Waals surface area contributed by atoms with Gasteiger partial charge >= 0.3 is 130 Å². The van der Waals surface area contributed by atoms with Crippen molar-refractivity contribution in [2.75, 3.05) is 4.43 Å². The van der Waals surface area contributed by atoms with Crippen LogP contribution in [0.15, 0.2) is 0 Å². The molecule has 124 valence electrons. The summed E-state index contributed by atoms with van der Waals surface area (Å²) in [7, 11) is 0. The van der Waals surface area contributed by atoms with Crippen LogP contribution in [0.25, 0.3) is 0 Å². The first-order valence-corrected chi connectivity index (χ1v) is 12.6. The fourth-order valence-electron chi connectivity index (χ4n) is 6.58. The Morgan fingerprint density at radius 2 is 1.43 bits per heavy atom. The Morgan fingerprint density at radius 1 is 0.714 bits per heavy atom. The number of halogens is 1. The number of rotatable bonds is 0. The standard InChI is InChI=1S/C18H30I.C2H6/c1-11-4-3-5-13-6-7-15-16(18(11)13)9-8-14-12(2)19-10-17(14)15;1-2/h11-18H,3-10H2,1-2H3;1-2H3/q-1;. The van der Waals surface area contributed by atoms with E-state index in [1.165, 1.54) is 24.2 Å². The average molecular weight is 403 g/mol. The van der Waals surface area contributed by atoms with E-state index in [1.54, 1.807) is 43.0 Å². The van der Waals surface area contributed by atoms with Gasteiger partial charge in [0.15, 0.2) is 0 Å². The van der Waals surface area contributed by atoms with Crippen LogP contribution in [0.4, 0.5) is 0 Å². The molecule has 1 aliphatic heterocycles. The van der Waals surface area contributed by atoms with Gasteiger partial charge in [0.1, 0.15) is 0 Å². The molecule has 4 rings (SSSR count). The fraction of sp³-hybridized carbons (Fsp3) is 1.00. The molecule has 8 unspecified atom stereocenters. The third-order valence-electron chi connectivity index (χ3n) is 7.38. The molecule has 0 amide bonds. The molecule has 3 saturated carbocycles. The zero-order chi connectivity index (χ0) is 15.0. The molecule has 0 nitrogen and oxygen atoms in total. The monoisotopic (exact) mass is 403 g/mol. The summed E-state index contributed by atoms with van der Waals surface area (Å²) < 4.78 is 2.85. The maximum atomic E-state index is 2.59. The molecule has 0 spiro atoms. The van der Waals surface area contributed by atoms with Crippen molar-refractivity contribution < 1.29 is 21.2 Å². The predicted molar refractivity (Wildman–Crippen MR) is 88.1 cm³/mol. The number of fused-ring (bicyclic) bond motifs is 5. The van der Waals surface area contributed by atoms with Crippen LogP contribution in [0.2, 0.25) is 0 Å². The second kappa shape index (κ2) is 7.09. The van der Waals surface area contributed by atoms with Crippen molar-refractivity contribution in [3.05, 3.63) is 0 Å². The molecule has 3 aliphatic carbocycles. The van der Waals surface area contributed by atoms with Crippen molar-refractivity contribution in [1.29, 1.82) is 0 Å². The van der Waals surface area contributed by atoms with Crippen LogP contribution in [-0.2, 0) is 0 Å². The van der Waals surface area contributed by atoms with Gasteiger partial charge in [0.05, 0.1) is 0 Å². The second-order valence-electron chi connectivity index (χ2n) is 8.04. The van der Waals surface area contributed by atoms with Crippen molar-refractivity contribution in [2.45, 2.75) is 76.6 Å². The van der Waals surface area contributed by atoms with Gasteiger partial charge in [-0.1, -0.05) is 13.8 Å². The Morgan fingerprint density at radius 3 is 2.24 bits per heavy atom. The summed E-state index contributed by atoms with van der Waals surface area (Å²) >= 11 is 0.561. The number of alkyl halides is 2. The quantitative estimate of drug-likeness (QED) is 0.431. The summed E-state index contributed by atoms with van der Waals surface area (Å²) in [6, 6.07) is 0. The summed E-state index contributed by atoms with van der Waals surface area (Å²) in [5.74, 6) is 8.02. The predicted octanol–water partition coefficient (Wildman–Crippen LogP) is 2.61. The summed E-state index contributed by atoms with van der Waals surface area (Å²) in [4.78, 5) is 0. The second-order valence-corrected chi connectivity index (χ2v) is 11.8. The van der Waals surface area contributed by atoms with E-state index in [1.807, 2.05) is 13.8 Å². The molecule has 1 saturated heterocycles. The van der Waals surface area contributed by atoms with Crippen LogP contribution >= 0.6 is 0 Å². The molecular weight excluding hydrogens is 367 g/mol. The molecule has 0 aromatic carbocycles. The van der Waals surface area contributed by atoms with E-state index in [2.05, 4.69) is 13.8 Å². The van der Waals surface area contributed by atoms with Crippen LogP contribution < -0.4 is 21.2 Å². The van der Waals surface area contributed by atoms with Crippen molar-refractivity contribution in [3.8, 4) is 0 Å². The molecular formula is C20H36I-. The molecule has 0 N–H and O–H groups in total. The third kappa shape index (κ3) is 2.94. The first-order chi connectivity index (χ1) is 10.3. The van der Waals surface area contributed by atoms with Gasteiger partial charge in [0.25, 0.3) is 0 Å². The van der Waals surface area contributed by atoms with Crippen LogP contribution in [0.5, 0.6) is 0 Å². The van der Waals surface area contributed by atoms with Gasteiger partial charge in [-0.3, -0.25) is 0 Å². The van der Waals surface area contributed by atoms with Gasteiger partial charge in [-0.2, -0.15) is 0 Å². The van der Waals surface area contributed by atoms with E-state index in [0.29, 0.717) is 21.2 Å². The topological polar surface area (TPSA) is 0 Å². The van der Waals surface area contributed by atoms with E-state index in [4.69, 9.17) is 0 Å². The molecule has 4 aliphatic rings. The van der Waals surface area contributed by atoms with Gasteiger partial charge in [0.2, 0.25) is 0 Å². The van der Waals surface area contributed by atoms with E-state index in [9.17, 15) is 0 Å². The van der Waals surface area contributed by atoms with Crippen LogP contribution in [0.1, 0.15) is 72.6 Å². The normalized spacial score (nSPS) is 52.4. The van der Waals surface area contributed by atoms with Gasteiger partial charge < -0.3 is 0 Å². The minimum absolute atomic E-state index is 0.561. The molecule has 0 aromatic heterocycles. The fourth-order valence-corrected chi connectivity index (χ4v) is 10.8. The Hall–Kier alpha value is 0.730. The van der Waals surface area contributed by atoms with E-state index in [0.717, 1.165) is 27.6 Å². The summed E-state index contributed by atoms with van der Waals surface area (Å²) in [5, 5.41) is 0. The molecule has 1 heterocycles. The van der Waals surface area contributed by atoms with E-state index >= 15 is 0 Å². The average Bonchev–Trinajstić information content (AvgIpc) is 2.91. The first-order valence-electron chi connectivity index (χ1n) is 9.83. The molecule has 4 fully saturated rings. The summed E-state index contributed by atoms with van der Waals surface area (Å²) in [6.45, 7) is 9.18. The molecule has 0 aromatic rings.